The van der Waals surface area contributed by atoms with E-state index in [-0.39, 0.29) is 4.75 Å². The van der Waals surface area contributed by atoms with Crippen LogP contribution in [0.25, 0.3) is 0 Å². The van der Waals surface area contributed by atoms with Gasteiger partial charge < -0.3 is 0 Å². The molecule has 1 spiro atoms. The predicted molar refractivity (Wildman–Crippen MR) is 85.1 cm³/mol. The highest BCUT2D eigenvalue weighted by Gasteiger charge is 2.59. The van der Waals surface area contributed by atoms with E-state index in [1.54, 1.807) is 0 Å². The highest BCUT2D eigenvalue weighted by Crippen LogP contribution is 2.61. The number of nitrogens with zero attached hydrogens (tertiary/aromatic N) is 1. The molecule has 1 aromatic rings. The van der Waals surface area contributed by atoms with Gasteiger partial charge in [0.05, 0.1) is 10.8 Å². The minimum atomic E-state index is -0.945. The van der Waals surface area contributed by atoms with Crippen LogP contribution in [-0.4, -0.2) is 19.8 Å². The van der Waals surface area contributed by atoms with Crippen molar-refractivity contribution in [3.05, 3.63) is 34.9 Å². The van der Waals surface area contributed by atoms with Crippen LogP contribution in [0, 0.1) is 5.41 Å². The molecule has 1 heterocycles. The molecule has 3 rings (SSSR count). The first-order valence-corrected chi connectivity index (χ1v) is 8.76. The summed E-state index contributed by atoms with van der Waals surface area (Å²) in [4.78, 5) is 0. The fourth-order valence-electron chi connectivity index (χ4n) is 3.41. The summed E-state index contributed by atoms with van der Waals surface area (Å²) < 4.78 is 14.7. The highest BCUT2D eigenvalue weighted by molar-refractivity contribution is 7.84. The molecule has 0 amide bonds. The molecule has 1 aromatic carbocycles. The SMILES string of the molecule is CC(C)(C)[S@@](=O)N1CC2(CCC2)[C@@H]1c1ccc(Cl)cc1. The first-order valence-electron chi connectivity index (χ1n) is 7.28. The van der Waals surface area contributed by atoms with Gasteiger partial charge in [-0.2, -0.15) is 0 Å². The van der Waals surface area contributed by atoms with Crippen LogP contribution in [0.4, 0.5) is 0 Å². The predicted octanol–water partition coefficient (Wildman–Crippen LogP) is 4.33. The van der Waals surface area contributed by atoms with Crippen molar-refractivity contribution in [1.29, 1.82) is 0 Å². The molecule has 0 N–H and O–H groups in total. The van der Waals surface area contributed by atoms with Crippen LogP contribution in [-0.2, 0) is 11.0 Å². The molecular formula is C16H22ClNOS. The van der Waals surface area contributed by atoms with Crippen molar-refractivity contribution in [3.8, 4) is 0 Å². The Morgan fingerprint density at radius 3 is 2.30 bits per heavy atom. The molecule has 2 aliphatic rings. The average molecular weight is 312 g/mol. The van der Waals surface area contributed by atoms with E-state index in [1.165, 1.54) is 24.8 Å². The van der Waals surface area contributed by atoms with Crippen molar-refractivity contribution in [1.82, 2.24) is 4.31 Å². The molecule has 0 unspecified atom stereocenters. The summed E-state index contributed by atoms with van der Waals surface area (Å²) in [5.41, 5.74) is 1.63. The largest absolute Gasteiger partial charge is 0.242 e. The molecule has 0 bridgehead atoms. The van der Waals surface area contributed by atoms with Gasteiger partial charge in [0.1, 0.15) is 11.0 Å². The molecule has 1 aliphatic heterocycles. The van der Waals surface area contributed by atoms with Gasteiger partial charge in [-0.1, -0.05) is 30.2 Å². The van der Waals surface area contributed by atoms with Crippen LogP contribution in [0.5, 0.6) is 0 Å². The minimum Gasteiger partial charge on any atom is -0.242 e. The maximum atomic E-state index is 12.7. The maximum Gasteiger partial charge on any atom is 0.100 e. The first-order chi connectivity index (χ1) is 9.33. The van der Waals surface area contributed by atoms with E-state index in [2.05, 4.69) is 16.4 Å². The van der Waals surface area contributed by atoms with E-state index in [0.717, 1.165) is 11.6 Å². The van der Waals surface area contributed by atoms with Crippen molar-refractivity contribution in [3.63, 3.8) is 0 Å². The molecule has 0 radical (unpaired) electrons. The number of rotatable bonds is 2. The molecule has 2 fully saturated rings. The molecule has 2 atom stereocenters. The van der Waals surface area contributed by atoms with Crippen LogP contribution < -0.4 is 0 Å². The Bertz CT molecular complexity index is 530. The van der Waals surface area contributed by atoms with Gasteiger partial charge in [-0.05, 0) is 51.3 Å². The quantitative estimate of drug-likeness (QED) is 0.796. The molecule has 20 heavy (non-hydrogen) atoms. The topological polar surface area (TPSA) is 20.3 Å². The Labute approximate surface area is 129 Å². The van der Waals surface area contributed by atoms with Gasteiger partial charge in [0.25, 0.3) is 0 Å². The molecule has 1 saturated carbocycles. The third-order valence-electron chi connectivity index (χ3n) is 4.61. The maximum absolute atomic E-state index is 12.7. The molecule has 2 nitrogen and oxygen atoms in total. The molecule has 4 heteroatoms. The van der Waals surface area contributed by atoms with E-state index in [1.807, 2.05) is 32.9 Å². The second kappa shape index (κ2) is 4.82. The lowest BCUT2D eigenvalue weighted by Gasteiger charge is -2.62. The summed E-state index contributed by atoms with van der Waals surface area (Å²) in [6.45, 7) is 7.12. The lowest BCUT2D eigenvalue weighted by molar-refractivity contribution is -0.0760. The fraction of sp³-hybridized carbons (Fsp3) is 0.625. The lowest BCUT2D eigenvalue weighted by atomic mass is 9.58. The zero-order chi connectivity index (χ0) is 14.5. The van der Waals surface area contributed by atoms with Gasteiger partial charge in [0.15, 0.2) is 0 Å². The number of halogens is 1. The fourth-order valence-corrected chi connectivity index (χ4v) is 5.16. The van der Waals surface area contributed by atoms with E-state index < -0.39 is 11.0 Å². The van der Waals surface area contributed by atoms with Crippen molar-refractivity contribution < 1.29 is 4.21 Å². The van der Waals surface area contributed by atoms with Gasteiger partial charge in [-0.15, -0.1) is 0 Å². The Balaban J connectivity index is 1.90. The Hall–Kier alpha value is -0.380. The van der Waals surface area contributed by atoms with Crippen LogP contribution in [0.2, 0.25) is 5.02 Å². The molecule has 1 aliphatic carbocycles. The van der Waals surface area contributed by atoms with Gasteiger partial charge in [-0.25, -0.2) is 8.51 Å². The van der Waals surface area contributed by atoms with Crippen molar-refractivity contribution in [2.75, 3.05) is 6.54 Å². The van der Waals surface area contributed by atoms with E-state index >= 15 is 0 Å². The summed E-state index contributed by atoms with van der Waals surface area (Å²) in [6.07, 6.45) is 3.83. The smallest absolute Gasteiger partial charge is 0.100 e. The van der Waals surface area contributed by atoms with E-state index in [4.69, 9.17) is 11.6 Å². The lowest BCUT2D eigenvalue weighted by Crippen LogP contribution is -2.63. The molecule has 110 valence electrons. The summed E-state index contributed by atoms with van der Waals surface area (Å²) >= 11 is 5.99. The van der Waals surface area contributed by atoms with Gasteiger partial charge in [-0.3, -0.25) is 0 Å². The normalized spacial score (nSPS) is 26.9. The molecule has 1 saturated heterocycles. The minimum absolute atomic E-state index is 0.198. The van der Waals surface area contributed by atoms with Crippen molar-refractivity contribution >= 4 is 22.6 Å². The summed E-state index contributed by atoms with van der Waals surface area (Å²) in [6, 6.07) is 8.38. The van der Waals surface area contributed by atoms with Crippen molar-refractivity contribution in [2.24, 2.45) is 5.41 Å². The third-order valence-corrected chi connectivity index (χ3v) is 6.68. The summed E-state index contributed by atoms with van der Waals surface area (Å²) in [5, 5.41) is 0.763. The highest BCUT2D eigenvalue weighted by atomic mass is 35.5. The zero-order valence-electron chi connectivity index (χ0n) is 12.4. The Kier molecular flexibility index (Phi) is 3.51. The van der Waals surface area contributed by atoms with Gasteiger partial charge in [0.2, 0.25) is 0 Å². The first kappa shape index (κ1) is 14.6. The number of hydrogen-bond acceptors (Lipinski definition) is 1. The van der Waals surface area contributed by atoms with E-state index in [0.29, 0.717) is 11.5 Å². The second-order valence-electron chi connectivity index (χ2n) is 7.11. The third kappa shape index (κ3) is 2.24. The summed E-state index contributed by atoms with van der Waals surface area (Å²) in [7, 11) is -0.945. The van der Waals surface area contributed by atoms with Crippen LogP contribution in [0.1, 0.15) is 51.6 Å². The second-order valence-corrected chi connectivity index (χ2v) is 9.74. The van der Waals surface area contributed by atoms with Gasteiger partial charge >= 0.3 is 0 Å². The van der Waals surface area contributed by atoms with Crippen molar-refractivity contribution in [2.45, 2.75) is 50.8 Å². The average Bonchev–Trinajstić information content (AvgIpc) is 2.27. The Morgan fingerprint density at radius 2 is 1.85 bits per heavy atom. The van der Waals surface area contributed by atoms with Crippen LogP contribution >= 0.6 is 11.6 Å². The monoisotopic (exact) mass is 311 g/mol. The van der Waals surface area contributed by atoms with Crippen LogP contribution in [0.3, 0.4) is 0 Å². The van der Waals surface area contributed by atoms with Gasteiger partial charge in [0, 0.05) is 17.0 Å². The standard InChI is InChI=1S/C16H22ClNOS/c1-15(2,3)20(19)18-11-16(9-4-10-16)14(18)12-5-7-13(17)8-6-12/h5-8,14H,4,9-11H2,1-3H3/t14-,20+/m0/s1. The molecular weight excluding hydrogens is 290 g/mol. The van der Waals surface area contributed by atoms with E-state index in [9.17, 15) is 4.21 Å². The Morgan fingerprint density at radius 1 is 1.25 bits per heavy atom. The van der Waals surface area contributed by atoms with Crippen LogP contribution in [0.15, 0.2) is 24.3 Å². The number of hydrogen-bond donors (Lipinski definition) is 0. The number of benzene rings is 1. The summed E-state index contributed by atoms with van der Waals surface area (Å²) in [5.74, 6) is 0. The molecule has 0 aromatic heterocycles. The zero-order valence-corrected chi connectivity index (χ0v) is 13.9.